The molecule has 2 aliphatic carbocycles. The zero-order chi connectivity index (χ0) is 24.7. The fourth-order valence-electron chi connectivity index (χ4n) is 5.78. The molecule has 2 fully saturated rings. The van der Waals surface area contributed by atoms with Crippen LogP contribution in [0.2, 0.25) is 0 Å². The van der Waals surface area contributed by atoms with Gasteiger partial charge in [-0.25, -0.2) is 13.1 Å². The minimum Gasteiger partial charge on any atom is -0.443 e. The van der Waals surface area contributed by atoms with Crippen molar-refractivity contribution in [2.45, 2.75) is 50.5 Å². The first kappa shape index (κ1) is 23.4. The van der Waals surface area contributed by atoms with Gasteiger partial charge in [-0.2, -0.15) is 5.26 Å². The van der Waals surface area contributed by atoms with Crippen LogP contribution in [0.1, 0.15) is 54.3 Å². The Hall–Kier alpha value is -3.35. The number of furan rings is 1. The lowest BCUT2D eigenvalue weighted by atomic mass is 9.84. The minimum absolute atomic E-state index is 0.113. The number of anilines is 1. The molecular weight excluding hydrogens is 464 g/mol. The summed E-state index contributed by atoms with van der Waals surface area (Å²) in [7, 11) is -3.67. The van der Waals surface area contributed by atoms with Crippen LogP contribution in [0, 0.1) is 36.0 Å². The summed E-state index contributed by atoms with van der Waals surface area (Å²) in [5, 5.41) is 12.4. The van der Waals surface area contributed by atoms with Gasteiger partial charge in [0.25, 0.3) is 5.91 Å². The van der Waals surface area contributed by atoms with Crippen LogP contribution < -0.4 is 10.0 Å². The van der Waals surface area contributed by atoms with E-state index in [0.717, 1.165) is 12.3 Å². The Morgan fingerprint density at radius 2 is 1.89 bits per heavy atom. The highest BCUT2D eigenvalue weighted by molar-refractivity contribution is 7.89. The second-order valence-electron chi connectivity index (χ2n) is 9.64. The number of hydrogen-bond donors (Lipinski definition) is 2. The second-order valence-corrected chi connectivity index (χ2v) is 11.4. The van der Waals surface area contributed by atoms with Crippen molar-refractivity contribution >= 4 is 21.6 Å². The van der Waals surface area contributed by atoms with E-state index in [2.05, 4.69) is 16.1 Å². The van der Waals surface area contributed by atoms with Crippen molar-refractivity contribution in [2.24, 2.45) is 17.8 Å². The number of fused-ring (bicyclic) bond motifs is 2. The lowest BCUT2D eigenvalue weighted by molar-refractivity contribution is 0.102. The maximum atomic E-state index is 13.0. The van der Waals surface area contributed by atoms with Gasteiger partial charge >= 0.3 is 0 Å². The zero-order valence-electron chi connectivity index (χ0n) is 19.7. The summed E-state index contributed by atoms with van der Waals surface area (Å²) in [5.41, 5.74) is 0.700. The Bertz CT molecular complexity index is 1380. The van der Waals surface area contributed by atoms with Crippen LogP contribution in [-0.2, 0) is 10.0 Å². The number of nitriles is 1. The minimum atomic E-state index is -3.67. The van der Waals surface area contributed by atoms with Gasteiger partial charge in [0, 0.05) is 24.1 Å². The number of amides is 1. The molecule has 5 rings (SSSR count). The van der Waals surface area contributed by atoms with E-state index < -0.39 is 15.9 Å². The smallest absolute Gasteiger partial charge is 0.260 e. The van der Waals surface area contributed by atoms with Crippen LogP contribution in [0.15, 0.2) is 58.1 Å². The van der Waals surface area contributed by atoms with E-state index >= 15 is 0 Å². The molecule has 8 nitrogen and oxygen atoms in total. The number of hydrogen-bond acceptors (Lipinski definition) is 5. The molecule has 35 heavy (non-hydrogen) atoms. The lowest BCUT2D eigenvalue weighted by Gasteiger charge is -2.28. The molecule has 2 bridgehead atoms. The Labute approximate surface area is 205 Å². The maximum absolute atomic E-state index is 13.0. The van der Waals surface area contributed by atoms with Crippen molar-refractivity contribution in [3.8, 4) is 12.0 Å². The average molecular weight is 493 g/mol. The van der Waals surface area contributed by atoms with E-state index in [1.165, 1.54) is 31.4 Å². The summed E-state index contributed by atoms with van der Waals surface area (Å²) < 4.78 is 36.1. The van der Waals surface area contributed by atoms with E-state index in [0.29, 0.717) is 23.3 Å². The number of carbonyl (C=O) groups excluding carboxylic acids is 1. The standard InChI is InChI=1S/C26H28N4O4S/c1-16(22-14-18-5-6-19(22)13-18)29-35(32,33)21-9-7-20(8-10-21)28-25(31)24-17(2)34-26(23(24)15-27)30-11-3-4-12-30/h3-4,7-12,16,18-19,22,29H,5-6,13-14H2,1-2H3,(H,28,31). The molecule has 2 aliphatic rings. The molecule has 0 spiro atoms. The van der Waals surface area contributed by atoms with Gasteiger partial charge in [-0.3, -0.25) is 9.36 Å². The molecule has 1 aromatic carbocycles. The lowest BCUT2D eigenvalue weighted by Crippen LogP contribution is -2.40. The van der Waals surface area contributed by atoms with Crippen LogP contribution in [0.5, 0.6) is 0 Å². The van der Waals surface area contributed by atoms with Crippen molar-refractivity contribution in [3.63, 3.8) is 0 Å². The highest BCUT2D eigenvalue weighted by atomic mass is 32.2. The molecular formula is C26H28N4O4S. The van der Waals surface area contributed by atoms with Crippen LogP contribution in [0.25, 0.3) is 5.88 Å². The molecule has 4 atom stereocenters. The molecule has 182 valence electrons. The summed E-state index contributed by atoms with van der Waals surface area (Å²) in [6.07, 6.45) is 8.26. The summed E-state index contributed by atoms with van der Waals surface area (Å²) in [5.74, 6) is 1.86. The fraction of sp³-hybridized carbons (Fsp3) is 0.385. The van der Waals surface area contributed by atoms with E-state index in [-0.39, 0.29) is 27.9 Å². The number of rotatable bonds is 7. The molecule has 3 aromatic rings. The first-order valence-electron chi connectivity index (χ1n) is 11.9. The van der Waals surface area contributed by atoms with Crippen molar-refractivity contribution in [1.82, 2.24) is 9.29 Å². The highest BCUT2D eigenvalue weighted by Crippen LogP contribution is 2.49. The Morgan fingerprint density at radius 3 is 2.49 bits per heavy atom. The van der Waals surface area contributed by atoms with Gasteiger partial charge in [0.05, 0.1) is 4.90 Å². The number of nitrogens with one attached hydrogen (secondary N) is 2. The SMILES string of the molecule is Cc1oc(-n2cccc2)c(C#N)c1C(=O)Nc1ccc(S(=O)(=O)NC(C)C2CC3CCC2C3)cc1. The van der Waals surface area contributed by atoms with Crippen LogP contribution in [-0.4, -0.2) is 24.9 Å². The van der Waals surface area contributed by atoms with Crippen LogP contribution >= 0.6 is 0 Å². The van der Waals surface area contributed by atoms with Gasteiger partial charge in [-0.1, -0.05) is 6.42 Å². The van der Waals surface area contributed by atoms with Crippen molar-refractivity contribution < 1.29 is 17.6 Å². The first-order chi connectivity index (χ1) is 16.8. The molecule has 0 saturated heterocycles. The van der Waals surface area contributed by atoms with Crippen molar-refractivity contribution in [2.75, 3.05) is 5.32 Å². The number of nitrogens with zero attached hydrogens (tertiary/aromatic N) is 2. The molecule has 9 heteroatoms. The fourth-order valence-corrected chi connectivity index (χ4v) is 7.07. The zero-order valence-corrected chi connectivity index (χ0v) is 20.5. The van der Waals surface area contributed by atoms with Crippen LogP contribution in [0.3, 0.4) is 0 Å². The first-order valence-corrected chi connectivity index (χ1v) is 13.4. The predicted molar refractivity (Wildman–Crippen MR) is 131 cm³/mol. The molecule has 2 N–H and O–H groups in total. The van der Waals surface area contributed by atoms with E-state index in [4.69, 9.17) is 4.42 Å². The van der Waals surface area contributed by atoms with Crippen LogP contribution in [0.4, 0.5) is 5.69 Å². The predicted octanol–water partition coefficient (Wildman–Crippen LogP) is 4.61. The molecule has 0 radical (unpaired) electrons. The van der Waals surface area contributed by atoms with E-state index in [9.17, 15) is 18.5 Å². The molecule has 2 saturated carbocycles. The van der Waals surface area contributed by atoms with Gasteiger partial charge in [-0.15, -0.1) is 0 Å². The van der Waals surface area contributed by atoms with Gasteiger partial charge in [-0.05, 0) is 87.3 Å². The number of sulfonamides is 1. The number of benzene rings is 1. The molecule has 0 aliphatic heterocycles. The largest absolute Gasteiger partial charge is 0.443 e. The summed E-state index contributed by atoms with van der Waals surface area (Å²) >= 11 is 0. The summed E-state index contributed by atoms with van der Waals surface area (Å²) in [6.45, 7) is 3.58. The summed E-state index contributed by atoms with van der Waals surface area (Å²) in [6, 6.07) is 11.6. The molecule has 2 heterocycles. The molecule has 1 amide bonds. The average Bonchev–Trinajstić information content (AvgIpc) is 3.62. The van der Waals surface area contributed by atoms with Crippen molar-refractivity contribution in [1.29, 1.82) is 5.26 Å². The third-order valence-electron chi connectivity index (χ3n) is 7.44. The second kappa shape index (κ2) is 9.02. The Kier molecular flexibility index (Phi) is 6.03. The van der Waals surface area contributed by atoms with Crippen molar-refractivity contribution in [3.05, 3.63) is 65.7 Å². The third-order valence-corrected chi connectivity index (χ3v) is 9.02. The van der Waals surface area contributed by atoms with Gasteiger partial charge in [0.1, 0.15) is 23.0 Å². The number of carbonyl (C=O) groups is 1. The topological polar surface area (TPSA) is 117 Å². The third kappa shape index (κ3) is 4.40. The van der Waals surface area contributed by atoms with E-state index in [1.54, 1.807) is 48.1 Å². The number of aryl methyl sites for hydroxylation is 1. The van der Waals surface area contributed by atoms with Gasteiger partial charge in [0.2, 0.25) is 15.9 Å². The maximum Gasteiger partial charge on any atom is 0.260 e. The number of aromatic nitrogens is 1. The normalized spacial score (nSPS) is 22.1. The van der Waals surface area contributed by atoms with Gasteiger partial charge in [0.15, 0.2) is 0 Å². The van der Waals surface area contributed by atoms with E-state index in [1.807, 2.05) is 6.92 Å². The van der Waals surface area contributed by atoms with Gasteiger partial charge < -0.3 is 9.73 Å². The highest BCUT2D eigenvalue weighted by Gasteiger charge is 2.42. The molecule has 4 unspecified atom stereocenters. The quantitative estimate of drug-likeness (QED) is 0.500. The Morgan fingerprint density at radius 1 is 1.17 bits per heavy atom. The monoisotopic (exact) mass is 492 g/mol. The summed E-state index contributed by atoms with van der Waals surface area (Å²) in [4.78, 5) is 13.1. The molecule has 2 aromatic heterocycles. The Balaban J connectivity index is 1.29.